The summed E-state index contributed by atoms with van der Waals surface area (Å²) in [6.07, 6.45) is 0. The second kappa shape index (κ2) is 8.55. The normalized spacial score (nSPS) is 10.1. The lowest BCUT2D eigenvalue weighted by Crippen LogP contribution is -2.20. The third-order valence-electron chi connectivity index (χ3n) is 3.07. The molecule has 0 aliphatic rings. The first-order valence-corrected chi connectivity index (χ1v) is 8.29. The van der Waals surface area contributed by atoms with Crippen molar-refractivity contribution in [3.8, 4) is 11.5 Å². The van der Waals surface area contributed by atoms with Crippen LogP contribution >= 0.6 is 15.9 Å². The van der Waals surface area contributed by atoms with Gasteiger partial charge in [0.15, 0.2) is 6.61 Å². The van der Waals surface area contributed by atoms with Crippen LogP contribution in [0.15, 0.2) is 59.1 Å². The fourth-order valence-corrected chi connectivity index (χ4v) is 2.51. The molecule has 0 spiro atoms. The Labute approximate surface area is 150 Å². The SMILES string of the molecule is C=C(C)COc1ccc(NC(=O)COc2ccc(C)cc2Br)cc1. The van der Waals surface area contributed by atoms with Crippen LogP contribution in [0.2, 0.25) is 0 Å². The van der Waals surface area contributed by atoms with Crippen molar-refractivity contribution in [2.45, 2.75) is 13.8 Å². The summed E-state index contributed by atoms with van der Waals surface area (Å²) in [5.41, 5.74) is 2.76. The third kappa shape index (κ3) is 5.74. The molecule has 2 aromatic carbocycles. The molecule has 0 bridgehead atoms. The van der Waals surface area contributed by atoms with Crippen LogP contribution in [-0.2, 0) is 4.79 Å². The molecule has 0 aliphatic heterocycles. The lowest BCUT2D eigenvalue weighted by molar-refractivity contribution is -0.118. The van der Waals surface area contributed by atoms with Gasteiger partial charge in [-0.1, -0.05) is 12.6 Å². The zero-order chi connectivity index (χ0) is 17.5. The van der Waals surface area contributed by atoms with Crippen LogP contribution in [-0.4, -0.2) is 19.1 Å². The average molecular weight is 390 g/mol. The number of carbonyl (C=O) groups excluding carboxylic acids is 1. The summed E-state index contributed by atoms with van der Waals surface area (Å²) in [5, 5.41) is 2.78. The van der Waals surface area contributed by atoms with E-state index in [2.05, 4.69) is 27.8 Å². The van der Waals surface area contributed by atoms with Gasteiger partial charge in [0.1, 0.15) is 18.1 Å². The minimum Gasteiger partial charge on any atom is -0.489 e. The standard InChI is InChI=1S/C19H20BrNO3/c1-13(2)11-23-16-7-5-15(6-8-16)21-19(22)12-24-18-9-4-14(3)10-17(18)20/h4-10H,1,11-12H2,2-3H3,(H,21,22). The molecule has 4 nitrogen and oxygen atoms in total. The minimum absolute atomic E-state index is 0.0599. The summed E-state index contributed by atoms with van der Waals surface area (Å²) in [5.74, 6) is 1.15. The highest BCUT2D eigenvalue weighted by Crippen LogP contribution is 2.25. The minimum atomic E-state index is -0.224. The van der Waals surface area contributed by atoms with Gasteiger partial charge in [-0.3, -0.25) is 4.79 Å². The Kier molecular flexibility index (Phi) is 6.44. The summed E-state index contributed by atoms with van der Waals surface area (Å²) in [6.45, 7) is 8.10. The van der Waals surface area contributed by atoms with Crippen molar-refractivity contribution >= 4 is 27.5 Å². The second-order valence-corrected chi connectivity index (χ2v) is 6.40. The van der Waals surface area contributed by atoms with Crippen molar-refractivity contribution in [2.24, 2.45) is 0 Å². The van der Waals surface area contributed by atoms with Gasteiger partial charge in [0, 0.05) is 5.69 Å². The van der Waals surface area contributed by atoms with Crippen LogP contribution in [0, 0.1) is 6.92 Å². The van der Waals surface area contributed by atoms with Crippen molar-refractivity contribution in [1.29, 1.82) is 0 Å². The number of halogens is 1. The fourth-order valence-electron chi connectivity index (χ4n) is 1.90. The number of hydrogen-bond acceptors (Lipinski definition) is 3. The molecule has 126 valence electrons. The van der Waals surface area contributed by atoms with Crippen molar-refractivity contribution in [3.05, 3.63) is 64.7 Å². The van der Waals surface area contributed by atoms with Gasteiger partial charge >= 0.3 is 0 Å². The summed E-state index contributed by atoms with van der Waals surface area (Å²) in [4.78, 5) is 12.0. The van der Waals surface area contributed by atoms with Crippen LogP contribution in [0.1, 0.15) is 12.5 Å². The van der Waals surface area contributed by atoms with E-state index < -0.39 is 0 Å². The average Bonchev–Trinajstić information content (AvgIpc) is 2.53. The van der Waals surface area contributed by atoms with Crippen molar-refractivity contribution in [3.63, 3.8) is 0 Å². The summed E-state index contributed by atoms with van der Waals surface area (Å²) in [7, 11) is 0. The largest absolute Gasteiger partial charge is 0.489 e. The van der Waals surface area contributed by atoms with Gasteiger partial charge in [-0.15, -0.1) is 0 Å². The van der Waals surface area contributed by atoms with Crippen molar-refractivity contribution in [1.82, 2.24) is 0 Å². The van der Waals surface area contributed by atoms with Gasteiger partial charge in [-0.2, -0.15) is 0 Å². The molecule has 0 unspecified atom stereocenters. The van der Waals surface area contributed by atoms with E-state index in [9.17, 15) is 4.79 Å². The maximum atomic E-state index is 12.0. The quantitative estimate of drug-likeness (QED) is 0.696. The zero-order valence-electron chi connectivity index (χ0n) is 13.8. The molecule has 24 heavy (non-hydrogen) atoms. The maximum Gasteiger partial charge on any atom is 0.262 e. The molecule has 1 N–H and O–H groups in total. The van der Waals surface area contributed by atoms with Gasteiger partial charge < -0.3 is 14.8 Å². The molecule has 2 aromatic rings. The highest BCUT2D eigenvalue weighted by molar-refractivity contribution is 9.10. The number of carbonyl (C=O) groups is 1. The predicted octanol–water partition coefficient (Wildman–Crippen LogP) is 4.73. The smallest absolute Gasteiger partial charge is 0.262 e. The van der Waals surface area contributed by atoms with Crippen molar-refractivity contribution in [2.75, 3.05) is 18.5 Å². The van der Waals surface area contributed by atoms with Gasteiger partial charge in [0.25, 0.3) is 5.91 Å². The fraction of sp³-hybridized carbons (Fsp3) is 0.211. The molecular weight excluding hydrogens is 370 g/mol. The topological polar surface area (TPSA) is 47.6 Å². The Morgan fingerprint density at radius 2 is 1.83 bits per heavy atom. The van der Waals surface area contributed by atoms with E-state index in [1.807, 2.05) is 32.0 Å². The zero-order valence-corrected chi connectivity index (χ0v) is 15.4. The van der Waals surface area contributed by atoms with Crippen LogP contribution in [0.25, 0.3) is 0 Å². The molecule has 0 aliphatic carbocycles. The second-order valence-electron chi connectivity index (χ2n) is 5.54. The number of rotatable bonds is 7. The van der Waals surface area contributed by atoms with E-state index >= 15 is 0 Å². The Morgan fingerprint density at radius 3 is 2.46 bits per heavy atom. The van der Waals surface area contributed by atoms with E-state index in [4.69, 9.17) is 9.47 Å². The molecule has 0 saturated carbocycles. The van der Waals surface area contributed by atoms with Crippen molar-refractivity contribution < 1.29 is 14.3 Å². The number of hydrogen-bond donors (Lipinski definition) is 1. The first-order valence-electron chi connectivity index (χ1n) is 7.50. The lowest BCUT2D eigenvalue weighted by atomic mass is 10.2. The third-order valence-corrected chi connectivity index (χ3v) is 3.69. The highest BCUT2D eigenvalue weighted by atomic mass is 79.9. The lowest BCUT2D eigenvalue weighted by Gasteiger charge is -2.10. The Balaban J connectivity index is 1.84. The van der Waals surface area contributed by atoms with E-state index in [1.54, 1.807) is 24.3 Å². The molecule has 0 atom stereocenters. The number of aryl methyl sites for hydroxylation is 1. The summed E-state index contributed by atoms with van der Waals surface area (Å²) in [6, 6.07) is 12.9. The van der Waals surface area contributed by atoms with E-state index in [0.717, 1.165) is 21.4 Å². The molecule has 0 radical (unpaired) electrons. The first kappa shape index (κ1) is 18.1. The van der Waals surface area contributed by atoms with Gasteiger partial charge in [0.2, 0.25) is 0 Å². The van der Waals surface area contributed by atoms with Crippen LogP contribution in [0.5, 0.6) is 11.5 Å². The Hall–Kier alpha value is -2.27. The number of nitrogens with one attached hydrogen (secondary N) is 1. The molecule has 0 heterocycles. The number of anilines is 1. The van der Waals surface area contributed by atoms with Crippen LogP contribution in [0.3, 0.4) is 0 Å². The number of amides is 1. The van der Waals surface area contributed by atoms with Gasteiger partial charge in [-0.05, 0) is 77.3 Å². The summed E-state index contributed by atoms with van der Waals surface area (Å²) < 4.78 is 11.9. The maximum absolute atomic E-state index is 12.0. The van der Waals surface area contributed by atoms with E-state index in [1.165, 1.54) is 0 Å². The molecule has 0 aromatic heterocycles. The predicted molar refractivity (Wildman–Crippen MR) is 99.8 cm³/mol. The number of benzene rings is 2. The molecule has 2 rings (SSSR count). The molecule has 5 heteroatoms. The molecule has 0 fully saturated rings. The number of ether oxygens (including phenoxy) is 2. The highest BCUT2D eigenvalue weighted by Gasteiger charge is 2.06. The molecular formula is C19H20BrNO3. The van der Waals surface area contributed by atoms with Gasteiger partial charge in [0.05, 0.1) is 4.47 Å². The summed E-state index contributed by atoms with van der Waals surface area (Å²) >= 11 is 3.42. The molecule has 0 saturated heterocycles. The van der Waals surface area contributed by atoms with E-state index in [-0.39, 0.29) is 12.5 Å². The van der Waals surface area contributed by atoms with E-state index in [0.29, 0.717) is 18.0 Å². The Morgan fingerprint density at radius 1 is 1.12 bits per heavy atom. The van der Waals surface area contributed by atoms with Crippen LogP contribution in [0.4, 0.5) is 5.69 Å². The van der Waals surface area contributed by atoms with Gasteiger partial charge in [-0.25, -0.2) is 0 Å². The molecule has 1 amide bonds. The monoisotopic (exact) mass is 389 g/mol. The first-order chi connectivity index (χ1) is 11.4. The Bertz CT molecular complexity index is 726. The van der Waals surface area contributed by atoms with Crippen LogP contribution < -0.4 is 14.8 Å².